The zero-order chi connectivity index (χ0) is 14.5. The highest BCUT2D eigenvalue weighted by atomic mass is 32.2. The molecule has 3 nitrogen and oxygen atoms in total. The van der Waals surface area contributed by atoms with E-state index in [4.69, 9.17) is 0 Å². The van der Waals surface area contributed by atoms with E-state index in [1.165, 1.54) is 6.07 Å². The molecule has 0 N–H and O–H groups in total. The van der Waals surface area contributed by atoms with Crippen molar-refractivity contribution in [3.05, 3.63) is 35.7 Å². The van der Waals surface area contributed by atoms with E-state index in [-0.39, 0.29) is 0 Å². The van der Waals surface area contributed by atoms with E-state index in [1.807, 2.05) is 0 Å². The first-order chi connectivity index (χ1) is 9.28. The summed E-state index contributed by atoms with van der Waals surface area (Å²) in [6.07, 6.45) is -0.327. The molecule has 20 heavy (non-hydrogen) atoms. The second kappa shape index (κ2) is 4.31. The van der Waals surface area contributed by atoms with Gasteiger partial charge in [0, 0.05) is 6.20 Å². The van der Waals surface area contributed by atoms with Crippen LogP contribution in [0.4, 0.5) is 13.2 Å². The van der Waals surface area contributed by atoms with Gasteiger partial charge in [0.2, 0.25) is 0 Å². The van der Waals surface area contributed by atoms with Crippen molar-refractivity contribution in [3.63, 3.8) is 0 Å². The number of rotatable bonds is 1. The largest absolute Gasteiger partial charge is 0.433 e. The van der Waals surface area contributed by atoms with Crippen LogP contribution in [0.1, 0.15) is 30.5 Å². The minimum atomic E-state index is -4.49. The maximum atomic E-state index is 12.6. The molecule has 1 fully saturated rings. The third kappa shape index (κ3) is 2.13. The Bertz CT molecular complexity index is 679. The molecule has 1 saturated heterocycles. The molecule has 0 saturated carbocycles. The van der Waals surface area contributed by atoms with E-state index in [0.29, 0.717) is 30.4 Å². The first kappa shape index (κ1) is 13.6. The van der Waals surface area contributed by atoms with E-state index in [0.717, 1.165) is 12.3 Å². The Kier molecular flexibility index (Phi) is 2.93. The molecular formula is C13H12F3NO2S. The van der Waals surface area contributed by atoms with Gasteiger partial charge in [0.15, 0.2) is 9.84 Å². The monoisotopic (exact) mass is 303 g/mol. The van der Waals surface area contributed by atoms with Gasteiger partial charge < -0.3 is 0 Å². The SMILES string of the molecule is O=S1(=O)C2C=C(c3ccnc(C(F)(F)F)c3)CC1CC2. The fourth-order valence-electron chi connectivity index (χ4n) is 2.86. The molecule has 2 unspecified atom stereocenters. The van der Waals surface area contributed by atoms with Crippen molar-refractivity contribution in [2.24, 2.45) is 0 Å². The Morgan fingerprint density at radius 2 is 2.00 bits per heavy atom. The molecule has 2 aliphatic rings. The Hall–Kier alpha value is -1.37. The van der Waals surface area contributed by atoms with Crippen LogP contribution >= 0.6 is 0 Å². The molecule has 2 bridgehead atoms. The number of alkyl halides is 3. The van der Waals surface area contributed by atoms with Gasteiger partial charge in [0.05, 0.1) is 10.5 Å². The molecule has 7 heteroatoms. The van der Waals surface area contributed by atoms with Crippen molar-refractivity contribution in [2.75, 3.05) is 0 Å². The number of fused-ring (bicyclic) bond motifs is 2. The molecular weight excluding hydrogens is 291 g/mol. The average Bonchev–Trinajstić information content (AvgIpc) is 2.57. The van der Waals surface area contributed by atoms with E-state index < -0.39 is 32.2 Å². The summed E-state index contributed by atoms with van der Waals surface area (Å²) in [6.45, 7) is 0. The van der Waals surface area contributed by atoms with Crippen LogP contribution in [0.3, 0.4) is 0 Å². The molecule has 2 aliphatic heterocycles. The van der Waals surface area contributed by atoms with Gasteiger partial charge in [-0.05, 0) is 42.5 Å². The first-order valence-corrected chi connectivity index (χ1v) is 7.86. The van der Waals surface area contributed by atoms with Gasteiger partial charge in [-0.25, -0.2) is 8.42 Å². The summed E-state index contributed by atoms with van der Waals surface area (Å²) in [5, 5.41) is -0.992. The highest BCUT2D eigenvalue weighted by Crippen LogP contribution is 2.41. The maximum absolute atomic E-state index is 12.6. The predicted octanol–water partition coefficient (Wildman–Crippen LogP) is 2.83. The van der Waals surface area contributed by atoms with Crippen molar-refractivity contribution in [1.29, 1.82) is 0 Å². The molecule has 0 spiro atoms. The lowest BCUT2D eigenvalue weighted by Crippen LogP contribution is -2.26. The summed E-state index contributed by atoms with van der Waals surface area (Å²) in [5.41, 5.74) is 0.149. The quantitative estimate of drug-likeness (QED) is 0.801. The number of hydrogen-bond donors (Lipinski definition) is 0. The van der Waals surface area contributed by atoms with Crippen LogP contribution in [0.5, 0.6) is 0 Å². The smallest absolute Gasteiger partial charge is 0.252 e. The summed E-state index contributed by atoms with van der Waals surface area (Å²) >= 11 is 0. The highest BCUT2D eigenvalue weighted by molar-refractivity contribution is 7.93. The van der Waals surface area contributed by atoms with Gasteiger partial charge in [-0.2, -0.15) is 13.2 Å². The number of aromatic nitrogens is 1. The van der Waals surface area contributed by atoms with Gasteiger partial charge in [0.25, 0.3) is 0 Å². The maximum Gasteiger partial charge on any atom is 0.433 e. The minimum Gasteiger partial charge on any atom is -0.252 e. The second-order valence-electron chi connectivity index (χ2n) is 5.15. The number of pyridine rings is 1. The number of hydrogen-bond acceptors (Lipinski definition) is 3. The van der Waals surface area contributed by atoms with E-state index in [1.54, 1.807) is 6.08 Å². The fraction of sp³-hybridized carbons (Fsp3) is 0.462. The van der Waals surface area contributed by atoms with Crippen LogP contribution in [-0.4, -0.2) is 23.9 Å². The van der Waals surface area contributed by atoms with Crippen LogP contribution in [-0.2, 0) is 16.0 Å². The molecule has 0 aliphatic carbocycles. The average molecular weight is 303 g/mol. The topological polar surface area (TPSA) is 47.0 Å². The first-order valence-electron chi connectivity index (χ1n) is 6.25. The number of allylic oxidation sites excluding steroid dienone is 1. The summed E-state index contributed by atoms with van der Waals surface area (Å²) < 4.78 is 61.8. The summed E-state index contributed by atoms with van der Waals surface area (Å²) in [7, 11) is -3.12. The van der Waals surface area contributed by atoms with Gasteiger partial charge in [0.1, 0.15) is 5.69 Å². The number of sulfone groups is 1. The van der Waals surface area contributed by atoms with Crippen molar-refractivity contribution in [3.8, 4) is 0 Å². The van der Waals surface area contributed by atoms with Gasteiger partial charge in [-0.1, -0.05) is 6.08 Å². The zero-order valence-corrected chi connectivity index (χ0v) is 11.2. The third-order valence-electron chi connectivity index (χ3n) is 3.92. The van der Waals surface area contributed by atoms with Gasteiger partial charge in [-0.3, -0.25) is 4.98 Å². The van der Waals surface area contributed by atoms with Crippen LogP contribution in [0.2, 0.25) is 0 Å². The van der Waals surface area contributed by atoms with Crippen LogP contribution in [0.25, 0.3) is 5.57 Å². The standard InChI is InChI=1S/C13H12F3NO2S/c14-13(15,16)12-7-8(3-4-17-12)9-5-10-1-2-11(6-9)20(10,18)19/h3-5,7,10-11H,1-2,6H2. The van der Waals surface area contributed by atoms with E-state index >= 15 is 0 Å². The molecule has 108 valence electrons. The van der Waals surface area contributed by atoms with Crippen molar-refractivity contribution >= 4 is 15.4 Å². The lowest BCUT2D eigenvalue weighted by Gasteiger charge is -2.21. The Morgan fingerprint density at radius 1 is 1.25 bits per heavy atom. The number of nitrogens with zero attached hydrogens (tertiary/aromatic N) is 1. The molecule has 0 aromatic carbocycles. The predicted molar refractivity (Wildman–Crippen MR) is 67.6 cm³/mol. The molecule has 1 aromatic heterocycles. The summed E-state index contributed by atoms with van der Waals surface area (Å²) in [4.78, 5) is 3.32. The Balaban J connectivity index is 2.00. The minimum absolute atomic E-state index is 0.292. The van der Waals surface area contributed by atoms with E-state index in [9.17, 15) is 21.6 Å². The van der Waals surface area contributed by atoms with Gasteiger partial charge in [-0.15, -0.1) is 0 Å². The Labute approximate surface area is 114 Å². The lowest BCUT2D eigenvalue weighted by atomic mass is 10.0. The third-order valence-corrected chi connectivity index (χ3v) is 6.46. The fourth-order valence-corrected chi connectivity index (χ4v) is 5.05. The van der Waals surface area contributed by atoms with Crippen molar-refractivity contribution in [2.45, 2.75) is 35.9 Å². The highest BCUT2D eigenvalue weighted by Gasteiger charge is 2.43. The lowest BCUT2D eigenvalue weighted by molar-refractivity contribution is -0.141. The molecule has 3 heterocycles. The van der Waals surface area contributed by atoms with Crippen molar-refractivity contribution in [1.82, 2.24) is 4.98 Å². The molecule has 0 amide bonds. The normalized spacial score (nSPS) is 28.2. The van der Waals surface area contributed by atoms with E-state index in [2.05, 4.69) is 4.98 Å². The van der Waals surface area contributed by atoms with Crippen LogP contribution in [0, 0.1) is 0 Å². The van der Waals surface area contributed by atoms with Crippen LogP contribution < -0.4 is 0 Å². The van der Waals surface area contributed by atoms with Gasteiger partial charge >= 0.3 is 6.18 Å². The molecule has 0 radical (unpaired) electrons. The molecule has 3 rings (SSSR count). The second-order valence-corrected chi connectivity index (χ2v) is 7.60. The summed E-state index contributed by atoms with van der Waals surface area (Å²) in [5.74, 6) is 0. The number of halogens is 3. The van der Waals surface area contributed by atoms with Crippen LogP contribution in [0.15, 0.2) is 24.4 Å². The molecule has 1 aromatic rings. The van der Waals surface area contributed by atoms with Crippen molar-refractivity contribution < 1.29 is 21.6 Å². The Morgan fingerprint density at radius 3 is 2.65 bits per heavy atom. The summed E-state index contributed by atoms with van der Waals surface area (Å²) in [6, 6.07) is 2.49. The molecule has 2 atom stereocenters. The zero-order valence-electron chi connectivity index (χ0n) is 10.4.